The van der Waals surface area contributed by atoms with Gasteiger partial charge in [0.05, 0.1) is 28.2 Å². The van der Waals surface area contributed by atoms with Crippen molar-refractivity contribution >= 4 is 35.2 Å². The fourth-order valence-corrected chi connectivity index (χ4v) is 5.91. The van der Waals surface area contributed by atoms with Crippen molar-refractivity contribution in [1.29, 1.82) is 0 Å². The third kappa shape index (κ3) is 13.4. The minimum absolute atomic E-state index is 0.375. The van der Waals surface area contributed by atoms with Gasteiger partial charge < -0.3 is 9.47 Å². The zero-order chi connectivity index (χ0) is 37.8. The molecule has 0 saturated heterocycles. The van der Waals surface area contributed by atoms with Crippen molar-refractivity contribution in [2.75, 3.05) is 0 Å². The first kappa shape index (κ1) is 39.5. The number of aliphatic imine (C=N–C) groups is 1. The number of hydrogen-bond donors (Lipinski definition) is 0. The van der Waals surface area contributed by atoms with Gasteiger partial charge in [0, 0.05) is 6.21 Å². The zero-order valence-corrected chi connectivity index (χ0v) is 31.6. The van der Waals surface area contributed by atoms with Crippen LogP contribution in [0.2, 0.25) is 0 Å². The molecule has 0 N–H and O–H groups in total. The summed E-state index contributed by atoms with van der Waals surface area (Å²) < 4.78 is 11.2. The molecule has 0 bridgehead atoms. The van der Waals surface area contributed by atoms with Crippen molar-refractivity contribution in [1.82, 2.24) is 0 Å². The predicted molar refractivity (Wildman–Crippen MR) is 218 cm³/mol. The Kier molecular flexibility index (Phi) is 15.9. The highest BCUT2D eigenvalue weighted by molar-refractivity contribution is 5.93. The van der Waals surface area contributed by atoms with Gasteiger partial charge in [-0.05, 0) is 133 Å². The molecule has 0 aliphatic carbocycles. The Morgan fingerprint density at radius 3 is 1.57 bits per heavy atom. The zero-order valence-electron chi connectivity index (χ0n) is 31.6. The molecule has 0 atom stereocenters. The minimum atomic E-state index is -0.491. The van der Waals surface area contributed by atoms with Gasteiger partial charge >= 0.3 is 11.9 Å². The first-order valence-corrected chi connectivity index (χ1v) is 19.4. The molecule has 0 aliphatic rings. The molecule has 278 valence electrons. The van der Waals surface area contributed by atoms with Gasteiger partial charge in [0.15, 0.2) is 0 Å². The van der Waals surface area contributed by atoms with Crippen molar-refractivity contribution in [3.8, 4) is 11.5 Å². The van der Waals surface area contributed by atoms with E-state index >= 15 is 0 Å². The van der Waals surface area contributed by atoms with Gasteiger partial charge in [-0.3, -0.25) is 4.99 Å². The second-order valence-electron chi connectivity index (χ2n) is 13.5. The number of esters is 2. The standard InChI is InChI=1S/C47H51N3O4/c1-3-5-7-9-10-12-15-36-18-24-39(25-19-36)46(51)53-44-30-22-38(23-31-44)35-48-43-17-13-16-40(34-43)47(52)54-45-32-28-42(29-33-45)50-49-41-26-20-37(21-27-41)14-11-8-6-4-2/h13,16-35H,3-12,14-15H2,1-2H3. The number of benzene rings is 5. The maximum atomic E-state index is 12.9. The highest BCUT2D eigenvalue weighted by Crippen LogP contribution is 2.24. The lowest BCUT2D eigenvalue weighted by Crippen LogP contribution is -2.08. The average Bonchev–Trinajstić information content (AvgIpc) is 3.21. The van der Waals surface area contributed by atoms with E-state index in [0.717, 1.165) is 24.1 Å². The summed E-state index contributed by atoms with van der Waals surface area (Å²) in [6.07, 6.45) is 16.4. The largest absolute Gasteiger partial charge is 0.423 e. The number of carbonyl (C=O) groups is 2. The van der Waals surface area contributed by atoms with E-state index in [1.54, 1.807) is 60.8 Å². The second kappa shape index (κ2) is 21.7. The number of rotatable bonds is 20. The molecule has 0 spiro atoms. The lowest BCUT2D eigenvalue weighted by molar-refractivity contribution is 0.0725. The van der Waals surface area contributed by atoms with Crippen LogP contribution in [-0.2, 0) is 12.8 Å². The van der Waals surface area contributed by atoms with E-state index in [4.69, 9.17) is 9.47 Å². The van der Waals surface area contributed by atoms with Gasteiger partial charge in [-0.15, -0.1) is 0 Å². The Bertz CT molecular complexity index is 1950. The maximum absolute atomic E-state index is 12.9. The van der Waals surface area contributed by atoms with Gasteiger partial charge in [-0.1, -0.05) is 95.5 Å². The van der Waals surface area contributed by atoms with Crippen molar-refractivity contribution < 1.29 is 19.1 Å². The Morgan fingerprint density at radius 1 is 0.500 bits per heavy atom. The molecule has 0 aromatic heterocycles. The van der Waals surface area contributed by atoms with Crippen molar-refractivity contribution in [2.45, 2.75) is 90.9 Å². The smallest absolute Gasteiger partial charge is 0.343 e. The Morgan fingerprint density at radius 2 is 0.981 bits per heavy atom. The molecule has 7 heteroatoms. The molecule has 5 rings (SSSR count). The van der Waals surface area contributed by atoms with Crippen LogP contribution in [0.4, 0.5) is 17.1 Å². The third-order valence-corrected chi connectivity index (χ3v) is 9.13. The summed E-state index contributed by atoms with van der Waals surface area (Å²) in [7, 11) is 0. The summed E-state index contributed by atoms with van der Waals surface area (Å²) in [6.45, 7) is 4.45. The number of carbonyl (C=O) groups excluding carboxylic acids is 2. The highest BCUT2D eigenvalue weighted by atomic mass is 16.5. The van der Waals surface area contributed by atoms with E-state index in [0.29, 0.717) is 34.0 Å². The first-order valence-electron chi connectivity index (χ1n) is 19.4. The molecule has 0 radical (unpaired) electrons. The number of hydrogen-bond acceptors (Lipinski definition) is 7. The summed E-state index contributed by atoms with van der Waals surface area (Å²) in [5.74, 6) is -0.0269. The van der Waals surface area contributed by atoms with E-state index in [1.165, 1.54) is 75.3 Å². The summed E-state index contributed by atoms with van der Waals surface area (Å²) >= 11 is 0. The van der Waals surface area contributed by atoms with Crippen LogP contribution in [-0.4, -0.2) is 18.2 Å². The van der Waals surface area contributed by atoms with Crippen LogP contribution in [0.25, 0.3) is 0 Å². The van der Waals surface area contributed by atoms with E-state index < -0.39 is 11.9 Å². The molecular formula is C47H51N3O4. The van der Waals surface area contributed by atoms with Crippen molar-refractivity contribution in [3.05, 3.63) is 149 Å². The monoisotopic (exact) mass is 721 g/mol. The summed E-state index contributed by atoms with van der Waals surface area (Å²) in [5.41, 5.74) is 6.31. The molecule has 54 heavy (non-hydrogen) atoms. The van der Waals surface area contributed by atoms with Crippen LogP contribution >= 0.6 is 0 Å². The molecule has 0 unspecified atom stereocenters. The minimum Gasteiger partial charge on any atom is -0.423 e. The van der Waals surface area contributed by atoms with E-state index in [2.05, 4.69) is 41.2 Å². The van der Waals surface area contributed by atoms with Gasteiger partial charge in [0.25, 0.3) is 0 Å². The van der Waals surface area contributed by atoms with Crippen LogP contribution in [0.5, 0.6) is 11.5 Å². The highest BCUT2D eigenvalue weighted by Gasteiger charge is 2.11. The van der Waals surface area contributed by atoms with Gasteiger partial charge in [0.2, 0.25) is 0 Å². The molecule has 5 aromatic carbocycles. The van der Waals surface area contributed by atoms with Crippen LogP contribution in [0, 0.1) is 0 Å². The Balaban J connectivity index is 1.07. The molecule has 0 amide bonds. The molecule has 7 nitrogen and oxygen atoms in total. The van der Waals surface area contributed by atoms with Crippen LogP contribution in [0.1, 0.15) is 115 Å². The van der Waals surface area contributed by atoms with Gasteiger partial charge in [-0.2, -0.15) is 10.2 Å². The summed E-state index contributed by atoms with van der Waals surface area (Å²) in [5, 5.41) is 8.66. The normalized spacial score (nSPS) is 11.3. The van der Waals surface area contributed by atoms with Gasteiger partial charge in [-0.25, -0.2) is 9.59 Å². The van der Waals surface area contributed by atoms with E-state index in [1.807, 2.05) is 54.6 Å². The molecular weight excluding hydrogens is 671 g/mol. The lowest BCUT2D eigenvalue weighted by atomic mass is 10.0. The molecule has 0 saturated carbocycles. The van der Waals surface area contributed by atoms with Crippen molar-refractivity contribution in [2.24, 2.45) is 15.2 Å². The lowest BCUT2D eigenvalue weighted by Gasteiger charge is -2.06. The molecule has 5 aromatic rings. The van der Waals surface area contributed by atoms with Crippen LogP contribution in [0.3, 0.4) is 0 Å². The number of azo groups is 1. The number of aryl methyl sites for hydroxylation is 2. The first-order chi connectivity index (χ1) is 26.5. The maximum Gasteiger partial charge on any atom is 0.343 e. The van der Waals surface area contributed by atoms with Crippen molar-refractivity contribution in [3.63, 3.8) is 0 Å². The Hall–Kier alpha value is -5.69. The Labute approximate surface area is 320 Å². The fourth-order valence-electron chi connectivity index (χ4n) is 5.91. The number of unbranched alkanes of at least 4 members (excludes halogenated alkanes) is 8. The fraction of sp³-hybridized carbons (Fsp3) is 0.298. The predicted octanol–water partition coefficient (Wildman–Crippen LogP) is 13.3. The van der Waals surface area contributed by atoms with E-state index in [9.17, 15) is 9.59 Å². The second-order valence-corrected chi connectivity index (χ2v) is 13.5. The number of ether oxygens (including phenoxy) is 2. The quantitative estimate of drug-likeness (QED) is 0.0263. The molecule has 0 heterocycles. The third-order valence-electron chi connectivity index (χ3n) is 9.13. The topological polar surface area (TPSA) is 89.7 Å². The SMILES string of the molecule is CCCCCCCCc1ccc(C(=O)Oc2ccc(C=Nc3cccc(C(=O)Oc4ccc(N=Nc5ccc(CCCCCC)cc5)cc4)c3)cc2)cc1. The van der Waals surface area contributed by atoms with E-state index in [-0.39, 0.29) is 0 Å². The molecule has 0 fully saturated rings. The summed E-state index contributed by atoms with van der Waals surface area (Å²) in [4.78, 5) is 30.2. The van der Waals surface area contributed by atoms with Crippen LogP contribution in [0.15, 0.2) is 137 Å². The summed E-state index contributed by atoms with van der Waals surface area (Å²) in [6, 6.07) is 36.8. The average molecular weight is 722 g/mol. The van der Waals surface area contributed by atoms with Gasteiger partial charge in [0.1, 0.15) is 11.5 Å². The molecule has 0 aliphatic heterocycles. The number of nitrogens with zero attached hydrogens (tertiary/aromatic N) is 3. The van der Waals surface area contributed by atoms with Crippen LogP contribution < -0.4 is 9.47 Å².